The molecule has 1 aromatic heterocycles. The minimum absolute atomic E-state index is 0.157. The molecule has 116 valence electrons. The molecule has 21 heavy (non-hydrogen) atoms. The van der Waals surface area contributed by atoms with Gasteiger partial charge in [0.15, 0.2) is 0 Å². The maximum absolute atomic E-state index is 11.8. The number of nitrogens with zero attached hydrogens (tertiary/aromatic N) is 1. The molecule has 0 aliphatic carbocycles. The molecule has 0 unspecified atom stereocenters. The SMILES string of the molecule is COCCNC(=O)c1ccc(OCC2CCOCC2)nc1. The molecule has 0 bridgehead atoms. The number of nitrogens with one attached hydrogen (secondary N) is 1. The highest BCUT2D eigenvalue weighted by Gasteiger charge is 2.14. The van der Waals surface area contributed by atoms with Gasteiger partial charge < -0.3 is 19.5 Å². The van der Waals surface area contributed by atoms with Gasteiger partial charge in [-0.3, -0.25) is 4.79 Å². The molecule has 0 aromatic carbocycles. The lowest BCUT2D eigenvalue weighted by Gasteiger charge is -2.21. The first kappa shape index (κ1) is 15.7. The van der Waals surface area contributed by atoms with Crippen molar-refractivity contribution >= 4 is 5.91 Å². The van der Waals surface area contributed by atoms with E-state index in [2.05, 4.69) is 10.3 Å². The van der Waals surface area contributed by atoms with E-state index in [1.165, 1.54) is 6.20 Å². The Labute approximate surface area is 124 Å². The van der Waals surface area contributed by atoms with E-state index >= 15 is 0 Å². The number of hydrogen-bond acceptors (Lipinski definition) is 5. The van der Waals surface area contributed by atoms with E-state index in [0.717, 1.165) is 26.1 Å². The second-order valence-corrected chi connectivity index (χ2v) is 5.00. The van der Waals surface area contributed by atoms with Crippen LogP contribution in [0.4, 0.5) is 0 Å². The normalized spacial score (nSPS) is 15.7. The standard InChI is InChI=1S/C15H22N2O4/c1-19-9-6-16-15(18)13-2-3-14(17-10-13)21-11-12-4-7-20-8-5-12/h2-3,10,12H,4-9,11H2,1H3,(H,16,18). The topological polar surface area (TPSA) is 69.7 Å². The molecule has 1 aliphatic heterocycles. The summed E-state index contributed by atoms with van der Waals surface area (Å²) in [4.78, 5) is 15.9. The van der Waals surface area contributed by atoms with Crippen molar-refractivity contribution in [3.8, 4) is 5.88 Å². The number of hydrogen-bond donors (Lipinski definition) is 1. The zero-order valence-corrected chi connectivity index (χ0v) is 12.3. The largest absolute Gasteiger partial charge is 0.477 e. The van der Waals surface area contributed by atoms with Crippen LogP contribution >= 0.6 is 0 Å². The van der Waals surface area contributed by atoms with Crippen molar-refractivity contribution in [1.82, 2.24) is 10.3 Å². The molecule has 0 atom stereocenters. The van der Waals surface area contributed by atoms with Gasteiger partial charge in [-0.25, -0.2) is 4.98 Å². The van der Waals surface area contributed by atoms with Crippen LogP contribution in [-0.2, 0) is 9.47 Å². The van der Waals surface area contributed by atoms with E-state index in [9.17, 15) is 4.79 Å². The Morgan fingerprint density at radius 3 is 2.90 bits per heavy atom. The van der Waals surface area contributed by atoms with Crippen molar-refractivity contribution in [2.45, 2.75) is 12.8 Å². The monoisotopic (exact) mass is 294 g/mol. The quantitative estimate of drug-likeness (QED) is 0.767. The van der Waals surface area contributed by atoms with Crippen molar-refractivity contribution in [2.24, 2.45) is 5.92 Å². The van der Waals surface area contributed by atoms with Crippen LogP contribution in [0.2, 0.25) is 0 Å². The third kappa shape index (κ3) is 5.32. The molecule has 0 spiro atoms. The van der Waals surface area contributed by atoms with E-state index in [4.69, 9.17) is 14.2 Å². The Kier molecular flexibility index (Phi) is 6.43. The number of ether oxygens (including phenoxy) is 3. The Hall–Kier alpha value is -1.66. The van der Waals surface area contributed by atoms with Crippen LogP contribution in [0, 0.1) is 5.92 Å². The number of amides is 1. The molecular weight excluding hydrogens is 272 g/mol. The van der Waals surface area contributed by atoms with Crippen LogP contribution in [0.15, 0.2) is 18.3 Å². The third-order valence-corrected chi connectivity index (χ3v) is 3.40. The summed E-state index contributed by atoms with van der Waals surface area (Å²) < 4.78 is 15.8. The van der Waals surface area contributed by atoms with E-state index in [-0.39, 0.29) is 5.91 Å². The smallest absolute Gasteiger partial charge is 0.252 e. The first-order valence-electron chi connectivity index (χ1n) is 7.23. The summed E-state index contributed by atoms with van der Waals surface area (Å²) in [5.74, 6) is 0.919. The number of carbonyl (C=O) groups excluding carboxylic acids is 1. The van der Waals surface area contributed by atoms with Crippen LogP contribution in [0.25, 0.3) is 0 Å². The summed E-state index contributed by atoms with van der Waals surface area (Å²) in [5.41, 5.74) is 0.518. The number of methoxy groups -OCH3 is 1. The van der Waals surface area contributed by atoms with Crippen molar-refractivity contribution in [3.63, 3.8) is 0 Å². The summed E-state index contributed by atoms with van der Waals surface area (Å²) in [6.07, 6.45) is 3.58. The maximum atomic E-state index is 11.8. The van der Waals surface area contributed by atoms with Crippen molar-refractivity contribution in [2.75, 3.05) is 40.1 Å². The van der Waals surface area contributed by atoms with Crippen LogP contribution in [-0.4, -0.2) is 51.0 Å². The minimum Gasteiger partial charge on any atom is -0.477 e. The van der Waals surface area contributed by atoms with Gasteiger partial charge in [-0.1, -0.05) is 0 Å². The van der Waals surface area contributed by atoms with Crippen molar-refractivity contribution in [1.29, 1.82) is 0 Å². The van der Waals surface area contributed by atoms with Gasteiger partial charge in [0.05, 0.1) is 18.8 Å². The average Bonchev–Trinajstić information content (AvgIpc) is 2.54. The van der Waals surface area contributed by atoms with Crippen LogP contribution < -0.4 is 10.1 Å². The van der Waals surface area contributed by atoms with Gasteiger partial charge in [-0.05, 0) is 24.8 Å². The molecular formula is C15H22N2O4. The molecule has 1 saturated heterocycles. The molecule has 6 nitrogen and oxygen atoms in total. The fourth-order valence-corrected chi connectivity index (χ4v) is 2.08. The fraction of sp³-hybridized carbons (Fsp3) is 0.600. The highest BCUT2D eigenvalue weighted by Crippen LogP contribution is 2.16. The van der Waals surface area contributed by atoms with Gasteiger partial charge in [0, 0.05) is 39.1 Å². The Morgan fingerprint density at radius 2 is 2.24 bits per heavy atom. The number of pyridine rings is 1. The molecule has 1 fully saturated rings. The van der Waals surface area contributed by atoms with E-state index in [1.54, 1.807) is 19.2 Å². The van der Waals surface area contributed by atoms with Gasteiger partial charge in [-0.2, -0.15) is 0 Å². The number of aromatic nitrogens is 1. The van der Waals surface area contributed by atoms with Gasteiger partial charge in [-0.15, -0.1) is 0 Å². The highest BCUT2D eigenvalue weighted by molar-refractivity contribution is 5.93. The Balaban J connectivity index is 1.76. The summed E-state index contributed by atoms with van der Waals surface area (Å²) in [6.45, 7) is 3.24. The van der Waals surface area contributed by atoms with E-state index in [0.29, 0.717) is 37.1 Å². The Morgan fingerprint density at radius 1 is 1.43 bits per heavy atom. The predicted molar refractivity (Wildman–Crippen MR) is 77.5 cm³/mol. The highest BCUT2D eigenvalue weighted by atomic mass is 16.5. The lowest BCUT2D eigenvalue weighted by Crippen LogP contribution is -2.27. The lowest BCUT2D eigenvalue weighted by molar-refractivity contribution is 0.0490. The Bertz CT molecular complexity index is 430. The first-order valence-corrected chi connectivity index (χ1v) is 7.23. The second-order valence-electron chi connectivity index (χ2n) is 5.00. The molecule has 1 N–H and O–H groups in total. The van der Waals surface area contributed by atoms with Crippen molar-refractivity contribution < 1.29 is 19.0 Å². The third-order valence-electron chi connectivity index (χ3n) is 3.40. The van der Waals surface area contributed by atoms with Crippen molar-refractivity contribution in [3.05, 3.63) is 23.9 Å². The van der Waals surface area contributed by atoms with Gasteiger partial charge in [0.1, 0.15) is 0 Å². The zero-order valence-electron chi connectivity index (χ0n) is 12.3. The van der Waals surface area contributed by atoms with E-state index in [1.807, 2.05) is 0 Å². The van der Waals surface area contributed by atoms with Crippen LogP contribution in [0.3, 0.4) is 0 Å². The van der Waals surface area contributed by atoms with Gasteiger partial charge >= 0.3 is 0 Å². The molecule has 0 radical (unpaired) electrons. The summed E-state index contributed by atoms with van der Waals surface area (Å²) >= 11 is 0. The second kappa shape index (κ2) is 8.59. The molecule has 2 rings (SSSR count). The molecule has 1 amide bonds. The number of rotatable bonds is 7. The average molecular weight is 294 g/mol. The minimum atomic E-state index is -0.157. The van der Waals surface area contributed by atoms with Crippen LogP contribution in [0.5, 0.6) is 5.88 Å². The summed E-state index contributed by atoms with van der Waals surface area (Å²) in [5, 5.41) is 2.74. The molecule has 2 heterocycles. The summed E-state index contributed by atoms with van der Waals surface area (Å²) in [6, 6.07) is 3.44. The predicted octanol–water partition coefficient (Wildman–Crippen LogP) is 1.26. The maximum Gasteiger partial charge on any atom is 0.252 e. The van der Waals surface area contributed by atoms with Crippen LogP contribution in [0.1, 0.15) is 23.2 Å². The van der Waals surface area contributed by atoms with E-state index < -0.39 is 0 Å². The van der Waals surface area contributed by atoms with Gasteiger partial charge in [0.2, 0.25) is 5.88 Å². The first-order chi connectivity index (χ1) is 10.3. The molecule has 0 saturated carbocycles. The summed E-state index contributed by atoms with van der Waals surface area (Å²) in [7, 11) is 1.60. The zero-order chi connectivity index (χ0) is 14.9. The molecule has 1 aromatic rings. The molecule has 1 aliphatic rings. The number of carbonyl (C=O) groups is 1. The fourth-order valence-electron chi connectivity index (χ4n) is 2.08. The lowest BCUT2D eigenvalue weighted by atomic mass is 10.0. The molecule has 6 heteroatoms. The van der Waals surface area contributed by atoms with Gasteiger partial charge in [0.25, 0.3) is 5.91 Å².